The van der Waals surface area contributed by atoms with Crippen molar-refractivity contribution < 1.29 is 0 Å². The van der Waals surface area contributed by atoms with E-state index in [1.807, 2.05) is 0 Å². The Labute approximate surface area is 68.3 Å². The molecule has 2 rings (SSSR count). The summed E-state index contributed by atoms with van der Waals surface area (Å²) in [6, 6.07) is 0. The van der Waals surface area contributed by atoms with Crippen molar-refractivity contribution in [1.82, 2.24) is 10.2 Å². The van der Waals surface area contributed by atoms with Crippen LogP contribution in [-0.2, 0) is 0 Å². The largest absolute Gasteiger partial charge is 0.367 e. The Kier molecular flexibility index (Phi) is 1.76. The highest BCUT2D eigenvalue weighted by atomic mass is 15.3. The van der Waals surface area contributed by atoms with E-state index in [9.17, 15) is 0 Å². The monoisotopic (exact) mass is 152 g/mol. The molecule has 0 aromatic carbocycles. The normalized spacial score (nSPS) is 29.4. The van der Waals surface area contributed by atoms with Crippen LogP contribution in [-0.4, -0.2) is 17.6 Å². The van der Waals surface area contributed by atoms with Crippen molar-refractivity contribution in [2.75, 3.05) is 6.54 Å². The van der Waals surface area contributed by atoms with Gasteiger partial charge in [0.15, 0.2) is 0 Å². The van der Waals surface area contributed by atoms with Crippen molar-refractivity contribution in [2.45, 2.75) is 38.8 Å². The minimum Gasteiger partial charge on any atom is -0.367 e. The second kappa shape index (κ2) is 2.76. The summed E-state index contributed by atoms with van der Waals surface area (Å²) in [5, 5.41) is 3.53. The number of fused-ring (bicyclic) bond motifs is 1. The van der Waals surface area contributed by atoms with Gasteiger partial charge in [0.25, 0.3) is 0 Å². The molecule has 2 aliphatic heterocycles. The maximum absolute atomic E-state index is 3.53. The van der Waals surface area contributed by atoms with Gasteiger partial charge in [-0.3, -0.25) is 0 Å². The summed E-state index contributed by atoms with van der Waals surface area (Å²) >= 11 is 0. The van der Waals surface area contributed by atoms with Crippen LogP contribution < -0.4 is 5.32 Å². The van der Waals surface area contributed by atoms with E-state index in [-0.39, 0.29) is 0 Å². The standard InChI is InChI=1S/C9H16N2/c1-2-8-7-11-6-4-3-5-9(11)10-8/h7,9-10H,2-6H2,1H3. The van der Waals surface area contributed by atoms with Crippen molar-refractivity contribution in [3.05, 3.63) is 11.9 Å². The van der Waals surface area contributed by atoms with Crippen molar-refractivity contribution in [1.29, 1.82) is 0 Å². The fraction of sp³-hybridized carbons (Fsp3) is 0.778. The molecule has 1 N–H and O–H groups in total. The second-order valence-corrected chi connectivity index (χ2v) is 3.40. The molecule has 0 saturated carbocycles. The molecular weight excluding hydrogens is 136 g/mol. The number of nitrogens with one attached hydrogen (secondary N) is 1. The predicted molar refractivity (Wildman–Crippen MR) is 45.9 cm³/mol. The molecule has 11 heavy (non-hydrogen) atoms. The fourth-order valence-electron chi connectivity index (χ4n) is 1.91. The van der Waals surface area contributed by atoms with Gasteiger partial charge in [0.2, 0.25) is 0 Å². The van der Waals surface area contributed by atoms with Gasteiger partial charge in [-0.15, -0.1) is 0 Å². The van der Waals surface area contributed by atoms with Crippen LogP contribution in [0.25, 0.3) is 0 Å². The molecule has 0 bridgehead atoms. The smallest absolute Gasteiger partial charge is 0.0983 e. The highest BCUT2D eigenvalue weighted by Gasteiger charge is 2.24. The third kappa shape index (κ3) is 1.22. The third-order valence-electron chi connectivity index (χ3n) is 2.60. The molecule has 2 heterocycles. The van der Waals surface area contributed by atoms with E-state index in [2.05, 4.69) is 23.3 Å². The number of piperidine rings is 1. The minimum absolute atomic E-state index is 0.638. The van der Waals surface area contributed by atoms with E-state index in [1.54, 1.807) is 0 Å². The van der Waals surface area contributed by atoms with Gasteiger partial charge in [-0.1, -0.05) is 6.92 Å². The Bertz CT molecular complexity index is 174. The van der Waals surface area contributed by atoms with E-state index in [0.717, 1.165) is 6.42 Å². The summed E-state index contributed by atoms with van der Waals surface area (Å²) in [5.41, 5.74) is 1.41. The minimum atomic E-state index is 0.638. The second-order valence-electron chi connectivity index (χ2n) is 3.40. The summed E-state index contributed by atoms with van der Waals surface area (Å²) < 4.78 is 0. The van der Waals surface area contributed by atoms with Crippen molar-refractivity contribution in [3.63, 3.8) is 0 Å². The molecule has 0 aliphatic carbocycles. The average Bonchev–Trinajstić information content (AvgIpc) is 2.46. The first-order valence-corrected chi connectivity index (χ1v) is 4.63. The van der Waals surface area contributed by atoms with Crippen molar-refractivity contribution >= 4 is 0 Å². The van der Waals surface area contributed by atoms with Gasteiger partial charge in [0.05, 0.1) is 6.17 Å². The molecular formula is C9H16N2. The SMILES string of the molecule is CCC1=CN2CCCCC2N1. The lowest BCUT2D eigenvalue weighted by Gasteiger charge is -2.30. The van der Waals surface area contributed by atoms with Crippen LogP contribution in [0.5, 0.6) is 0 Å². The zero-order valence-electron chi connectivity index (χ0n) is 7.14. The van der Waals surface area contributed by atoms with Gasteiger partial charge in [-0.05, 0) is 25.7 Å². The first kappa shape index (κ1) is 7.01. The van der Waals surface area contributed by atoms with Crippen LogP contribution in [0.2, 0.25) is 0 Å². The maximum Gasteiger partial charge on any atom is 0.0983 e. The number of hydrogen-bond donors (Lipinski definition) is 1. The number of nitrogens with zero attached hydrogens (tertiary/aromatic N) is 1. The van der Waals surface area contributed by atoms with Crippen LogP contribution >= 0.6 is 0 Å². The van der Waals surface area contributed by atoms with Gasteiger partial charge >= 0.3 is 0 Å². The molecule has 1 fully saturated rings. The lowest BCUT2D eigenvalue weighted by Crippen LogP contribution is -2.39. The van der Waals surface area contributed by atoms with Gasteiger partial charge in [0, 0.05) is 18.4 Å². The Balaban J connectivity index is 2.02. The molecule has 0 aromatic heterocycles. The van der Waals surface area contributed by atoms with E-state index in [1.165, 1.54) is 31.5 Å². The summed E-state index contributed by atoms with van der Waals surface area (Å²) in [6.45, 7) is 3.46. The molecule has 0 radical (unpaired) electrons. The molecule has 0 aromatic rings. The number of allylic oxidation sites excluding steroid dienone is 1. The third-order valence-corrected chi connectivity index (χ3v) is 2.60. The average molecular weight is 152 g/mol. The van der Waals surface area contributed by atoms with Gasteiger partial charge in [-0.25, -0.2) is 0 Å². The fourth-order valence-corrected chi connectivity index (χ4v) is 1.91. The van der Waals surface area contributed by atoms with Crippen LogP contribution in [0.4, 0.5) is 0 Å². The molecule has 0 spiro atoms. The summed E-state index contributed by atoms with van der Waals surface area (Å²) in [5.74, 6) is 0. The topological polar surface area (TPSA) is 15.3 Å². The van der Waals surface area contributed by atoms with Crippen molar-refractivity contribution in [2.24, 2.45) is 0 Å². The predicted octanol–water partition coefficient (Wildman–Crippen LogP) is 1.65. The van der Waals surface area contributed by atoms with Crippen LogP contribution in [0, 0.1) is 0 Å². The maximum atomic E-state index is 3.53. The quantitative estimate of drug-likeness (QED) is 0.614. The lowest BCUT2D eigenvalue weighted by atomic mass is 10.1. The van der Waals surface area contributed by atoms with Crippen LogP contribution in [0.3, 0.4) is 0 Å². The lowest BCUT2D eigenvalue weighted by molar-refractivity contribution is 0.214. The van der Waals surface area contributed by atoms with E-state index < -0.39 is 0 Å². The summed E-state index contributed by atoms with van der Waals surface area (Å²) in [6.07, 6.45) is 8.15. The Morgan fingerprint density at radius 2 is 2.55 bits per heavy atom. The van der Waals surface area contributed by atoms with Crippen molar-refractivity contribution in [3.8, 4) is 0 Å². The molecule has 1 saturated heterocycles. The first-order chi connectivity index (χ1) is 5.40. The first-order valence-electron chi connectivity index (χ1n) is 4.63. The highest BCUT2D eigenvalue weighted by molar-refractivity contribution is 5.08. The van der Waals surface area contributed by atoms with Gasteiger partial charge in [-0.2, -0.15) is 0 Å². The zero-order valence-corrected chi connectivity index (χ0v) is 7.14. The molecule has 0 amide bonds. The van der Waals surface area contributed by atoms with E-state index >= 15 is 0 Å². The molecule has 2 nitrogen and oxygen atoms in total. The molecule has 62 valence electrons. The molecule has 2 aliphatic rings. The van der Waals surface area contributed by atoms with Gasteiger partial charge < -0.3 is 10.2 Å². The number of hydrogen-bond acceptors (Lipinski definition) is 2. The Hall–Kier alpha value is -0.660. The Morgan fingerprint density at radius 1 is 1.64 bits per heavy atom. The molecule has 1 atom stereocenters. The van der Waals surface area contributed by atoms with E-state index in [0.29, 0.717) is 6.17 Å². The molecule has 2 heteroatoms. The zero-order chi connectivity index (χ0) is 7.68. The highest BCUT2D eigenvalue weighted by Crippen LogP contribution is 2.22. The molecule has 1 unspecified atom stereocenters. The van der Waals surface area contributed by atoms with Gasteiger partial charge in [0.1, 0.15) is 0 Å². The number of rotatable bonds is 1. The summed E-state index contributed by atoms with van der Waals surface area (Å²) in [4.78, 5) is 2.45. The Morgan fingerprint density at radius 3 is 3.27 bits per heavy atom. The van der Waals surface area contributed by atoms with Crippen LogP contribution in [0.1, 0.15) is 32.6 Å². The summed E-state index contributed by atoms with van der Waals surface area (Å²) in [7, 11) is 0. The van der Waals surface area contributed by atoms with Crippen LogP contribution in [0.15, 0.2) is 11.9 Å². The van der Waals surface area contributed by atoms with E-state index in [4.69, 9.17) is 0 Å².